The van der Waals surface area contributed by atoms with Gasteiger partial charge in [0.05, 0.1) is 0 Å². The summed E-state index contributed by atoms with van der Waals surface area (Å²) in [6, 6.07) is 0. The van der Waals surface area contributed by atoms with Crippen LogP contribution in [0.5, 0.6) is 0 Å². The average Bonchev–Trinajstić information content (AvgIpc) is 2.71. The van der Waals surface area contributed by atoms with Gasteiger partial charge in [-0.05, 0) is 11.8 Å². The Bertz CT molecular complexity index is 288. The molecule has 0 fully saturated rings. The van der Waals surface area contributed by atoms with Gasteiger partial charge in [0.15, 0.2) is 0 Å². The molecular weight excluding hydrogens is 236 g/mol. The molecule has 0 aromatic rings. The fourth-order valence-corrected chi connectivity index (χ4v) is 1.46. The summed E-state index contributed by atoms with van der Waals surface area (Å²) in [6.45, 7) is 6.79. The van der Waals surface area contributed by atoms with E-state index in [4.69, 9.17) is 0 Å². The minimum absolute atomic E-state index is 0. The first-order valence-electron chi connectivity index (χ1n) is 5.45. The smallest absolute Gasteiger partial charge is 0.00837 e. The van der Waals surface area contributed by atoms with Crippen LogP contribution in [0.3, 0.4) is 0 Å². The Kier molecular flexibility index (Phi) is 7.45. The van der Waals surface area contributed by atoms with Crippen LogP contribution in [-0.2, 0) is 17.1 Å². The molecule has 0 atom stereocenters. The quantitative estimate of drug-likeness (QED) is 0.608. The summed E-state index contributed by atoms with van der Waals surface area (Å²) in [5.41, 5.74) is 1.88. The molecule has 0 saturated heterocycles. The summed E-state index contributed by atoms with van der Waals surface area (Å²) in [5.74, 6) is 0. The van der Waals surface area contributed by atoms with Gasteiger partial charge in [0.2, 0.25) is 0 Å². The van der Waals surface area contributed by atoms with E-state index in [0.29, 0.717) is 5.41 Å². The van der Waals surface area contributed by atoms with Crippen LogP contribution in [0.25, 0.3) is 0 Å². The van der Waals surface area contributed by atoms with E-state index < -0.39 is 0 Å². The normalized spacial score (nSPS) is 16.6. The molecule has 2 aliphatic rings. The molecule has 88 valence electrons. The third-order valence-electron chi connectivity index (χ3n) is 2.02. The van der Waals surface area contributed by atoms with Gasteiger partial charge in [-0.1, -0.05) is 68.9 Å². The van der Waals surface area contributed by atoms with Crippen molar-refractivity contribution in [3.8, 4) is 0 Å². The van der Waals surface area contributed by atoms with Gasteiger partial charge >= 0.3 is 0 Å². The van der Waals surface area contributed by atoms with E-state index in [1.165, 1.54) is 12.0 Å². The van der Waals surface area contributed by atoms with Crippen molar-refractivity contribution in [2.45, 2.75) is 27.2 Å². The summed E-state index contributed by atoms with van der Waals surface area (Å²) in [4.78, 5) is 0. The maximum atomic E-state index is 2.26. The van der Waals surface area contributed by atoms with Gasteiger partial charge in [0, 0.05) is 29.9 Å². The molecule has 16 heavy (non-hydrogen) atoms. The predicted octanol–water partition coefficient (Wildman–Crippen LogP) is 4.44. The molecule has 0 aromatic carbocycles. The standard InChI is InChI=1S/C10H15.C5H5.Fe/c1-10(2,3)8-9-6-4-5-7-9;1-2-4-5-3-1;/h4-7H,8H2,1-3H3;1-5H;. The van der Waals surface area contributed by atoms with Gasteiger partial charge in [0.1, 0.15) is 0 Å². The molecule has 0 nitrogen and oxygen atoms in total. The molecule has 1 heteroatoms. The van der Waals surface area contributed by atoms with Crippen LogP contribution in [0.4, 0.5) is 0 Å². The summed E-state index contributed by atoms with van der Waals surface area (Å²) < 4.78 is 0. The van der Waals surface area contributed by atoms with E-state index in [1.807, 2.05) is 30.7 Å². The zero-order chi connectivity index (χ0) is 11.1. The summed E-state index contributed by atoms with van der Waals surface area (Å²) >= 11 is 0. The van der Waals surface area contributed by atoms with Crippen LogP contribution in [-0.4, -0.2) is 0 Å². The van der Waals surface area contributed by atoms with Crippen LogP contribution in [0, 0.1) is 18.3 Å². The molecular formula is C15H20Fe. The Balaban J connectivity index is 0.000000318. The third-order valence-corrected chi connectivity index (χ3v) is 2.02. The SMILES string of the molecule is CC(C)(C)CC1=CC=C[CH]1.[CH]1C=CC=C1.[Fe]. The van der Waals surface area contributed by atoms with Gasteiger partial charge < -0.3 is 0 Å². The number of rotatable bonds is 1. The Hall–Kier alpha value is -0.521. The fourth-order valence-electron chi connectivity index (χ4n) is 1.46. The second kappa shape index (κ2) is 7.70. The maximum absolute atomic E-state index is 2.26. The van der Waals surface area contributed by atoms with Crippen molar-refractivity contribution in [3.05, 3.63) is 60.9 Å². The maximum Gasteiger partial charge on any atom is 0.00837 e. The predicted molar refractivity (Wildman–Crippen MR) is 68.2 cm³/mol. The van der Waals surface area contributed by atoms with Crippen molar-refractivity contribution in [1.29, 1.82) is 0 Å². The minimum atomic E-state index is 0. The Morgan fingerprint density at radius 3 is 1.81 bits per heavy atom. The van der Waals surface area contributed by atoms with Gasteiger partial charge in [-0.25, -0.2) is 0 Å². The van der Waals surface area contributed by atoms with Crippen LogP contribution < -0.4 is 0 Å². The molecule has 0 bridgehead atoms. The van der Waals surface area contributed by atoms with Crippen LogP contribution >= 0.6 is 0 Å². The molecule has 0 unspecified atom stereocenters. The van der Waals surface area contributed by atoms with E-state index >= 15 is 0 Å². The van der Waals surface area contributed by atoms with Crippen molar-refractivity contribution in [2.75, 3.05) is 0 Å². The molecule has 2 aliphatic carbocycles. The Morgan fingerprint density at radius 2 is 1.50 bits per heavy atom. The van der Waals surface area contributed by atoms with E-state index in [-0.39, 0.29) is 17.1 Å². The largest absolute Gasteiger partial charge is 0.0767 e. The topological polar surface area (TPSA) is 0 Å². The van der Waals surface area contributed by atoms with E-state index in [1.54, 1.807) is 0 Å². The summed E-state index contributed by atoms with van der Waals surface area (Å²) in [6.07, 6.45) is 19.7. The summed E-state index contributed by atoms with van der Waals surface area (Å²) in [7, 11) is 0. The van der Waals surface area contributed by atoms with Crippen LogP contribution in [0.1, 0.15) is 27.2 Å². The van der Waals surface area contributed by atoms with E-state index in [2.05, 4.69) is 45.4 Å². The summed E-state index contributed by atoms with van der Waals surface area (Å²) in [5, 5.41) is 0. The molecule has 0 aromatic heterocycles. The zero-order valence-corrected chi connectivity index (χ0v) is 11.4. The van der Waals surface area contributed by atoms with Crippen LogP contribution in [0.2, 0.25) is 0 Å². The van der Waals surface area contributed by atoms with Gasteiger partial charge in [0.25, 0.3) is 0 Å². The first-order valence-corrected chi connectivity index (χ1v) is 5.45. The average molecular weight is 256 g/mol. The zero-order valence-electron chi connectivity index (χ0n) is 10.3. The van der Waals surface area contributed by atoms with Crippen molar-refractivity contribution in [1.82, 2.24) is 0 Å². The first kappa shape index (κ1) is 15.5. The number of allylic oxidation sites excluding steroid dienone is 8. The molecule has 0 heterocycles. The number of hydrogen-bond acceptors (Lipinski definition) is 0. The van der Waals surface area contributed by atoms with Crippen molar-refractivity contribution >= 4 is 0 Å². The van der Waals surface area contributed by atoms with Gasteiger partial charge in [-0.15, -0.1) is 0 Å². The molecule has 0 spiro atoms. The molecule has 2 rings (SSSR count). The second-order valence-electron chi connectivity index (χ2n) is 4.99. The van der Waals surface area contributed by atoms with Crippen molar-refractivity contribution in [3.63, 3.8) is 0 Å². The van der Waals surface area contributed by atoms with Crippen LogP contribution in [0.15, 0.2) is 48.1 Å². The minimum Gasteiger partial charge on any atom is -0.0767 e. The third kappa shape index (κ3) is 7.73. The van der Waals surface area contributed by atoms with Gasteiger partial charge in [-0.2, -0.15) is 0 Å². The van der Waals surface area contributed by atoms with Gasteiger partial charge in [-0.3, -0.25) is 0 Å². The van der Waals surface area contributed by atoms with Crippen molar-refractivity contribution < 1.29 is 17.1 Å². The van der Waals surface area contributed by atoms with E-state index in [9.17, 15) is 0 Å². The Labute approximate surface area is 111 Å². The Morgan fingerprint density at radius 1 is 0.875 bits per heavy atom. The fraction of sp³-hybridized carbons (Fsp3) is 0.333. The monoisotopic (exact) mass is 256 g/mol. The second-order valence-corrected chi connectivity index (χ2v) is 4.99. The van der Waals surface area contributed by atoms with E-state index in [0.717, 1.165) is 0 Å². The number of hydrogen-bond donors (Lipinski definition) is 0. The van der Waals surface area contributed by atoms with Crippen molar-refractivity contribution in [2.24, 2.45) is 5.41 Å². The molecule has 0 amide bonds. The molecule has 0 saturated carbocycles. The molecule has 0 aliphatic heterocycles. The molecule has 0 N–H and O–H groups in total. The first-order chi connectivity index (χ1) is 7.08. The molecule has 2 radical (unpaired) electrons.